The monoisotopic (exact) mass is 445 g/mol. The van der Waals surface area contributed by atoms with Crippen LogP contribution in [0.25, 0.3) is 22.0 Å². The summed E-state index contributed by atoms with van der Waals surface area (Å²) in [5, 5.41) is 12.2. The van der Waals surface area contributed by atoms with Crippen molar-refractivity contribution in [3.8, 4) is 11.1 Å². The van der Waals surface area contributed by atoms with E-state index in [1.54, 1.807) is 0 Å². The number of carboxylic acids is 1. The fourth-order valence-electron chi connectivity index (χ4n) is 4.88. The maximum Gasteiger partial charge on any atom is 0.490 e. The first kappa shape index (κ1) is 22.2. The molecule has 32 heavy (non-hydrogen) atoms. The molecule has 0 radical (unpaired) electrons. The summed E-state index contributed by atoms with van der Waals surface area (Å²) in [5.41, 5.74) is 5.03. The third kappa shape index (κ3) is 4.75. The fraction of sp³-hybridized carbons (Fsp3) is 0.375. The molecule has 0 amide bonds. The zero-order chi connectivity index (χ0) is 22.9. The van der Waals surface area contributed by atoms with Gasteiger partial charge in [-0.2, -0.15) is 13.2 Å². The van der Waals surface area contributed by atoms with Gasteiger partial charge in [-0.3, -0.25) is 0 Å². The van der Waals surface area contributed by atoms with Crippen molar-refractivity contribution in [1.82, 2.24) is 9.88 Å². The minimum Gasteiger partial charge on any atom is -0.475 e. The van der Waals surface area contributed by atoms with E-state index >= 15 is 0 Å². The number of aliphatic carboxylic acids is 1. The number of nitrogens with one attached hydrogen (secondary N) is 2. The predicted molar refractivity (Wildman–Crippen MR) is 119 cm³/mol. The van der Waals surface area contributed by atoms with Crippen molar-refractivity contribution in [2.24, 2.45) is 0 Å². The average molecular weight is 445 g/mol. The van der Waals surface area contributed by atoms with Crippen molar-refractivity contribution < 1.29 is 23.1 Å². The molecule has 170 valence electrons. The molecule has 1 unspecified atom stereocenters. The normalized spacial score (nSPS) is 22.9. The van der Waals surface area contributed by atoms with Crippen LogP contribution in [-0.2, 0) is 4.79 Å². The second-order valence-corrected chi connectivity index (χ2v) is 8.49. The lowest BCUT2D eigenvalue weighted by atomic mass is 9.97. The van der Waals surface area contributed by atoms with Crippen LogP contribution >= 0.6 is 0 Å². The van der Waals surface area contributed by atoms with Crippen molar-refractivity contribution in [2.75, 3.05) is 12.4 Å². The summed E-state index contributed by atoms with van der Waals surface area (Å²) in [4.78, 5) is 14.8. The number of halogens is 3. The maximum atomic E-state index is 10.6. The van der Waals surface area contributed by atoms with Crippen LogP contribution in [0.2, 0.25) is 0 Å². The molecular weight excluding hydrogens is 419 g/mol. The van der Waals surface area contributed by atoms with Crippen molar-refractivity contribution in [3.05, 3.63) is 54.7 Å². The number of benzene rings is 2. The van der Waals surface area contributed by atoms with Gasteiger partial charge in [-0.05, 0) is 68.1 Å². The summed E-state index contributed by atoms with van der Waals surface area (Å²) in [5.74, 6) is -2.76. The number of aromatic nitrogens is 1. The molecule has 2 fully saturated rings. The van der Waals surface area contributed by atoms with Gasteiger partial charge in [0.2, 0.25) is 0 Å². The van der Waals surface area contributed by atoms with Gasteiger partial charge >= 0.3 is 12.1 Å². The highest BCUT2D eigenvalue weighted by atomic mass is 19.4. The largest absolute Gasteiger partial charge is 0.490 e. The average Bonchev–Trinajstić information content (AvgIpc) is 3.29. The van der Waals surface area contributed by atoms with Crippen LogP contribution in [-0.4, -0.2) is 52.3 Å². The standard InChI is InChI=1S/C22H25N3.C2HF3O2/c1-25-18-8-9-19(25)14-17(13-18)24-16-5-2-4-15(12-16)20-6-3-7-22-21(20)10-11-23-22;3-2(4,5)1(6)7/h2-7,10-12,17-19,23-24H,8-9,13-14H2,1H3;(H,6,7)/t17?,18-,19+;. The number of carbonyl (C=O) groups is 1. The van der Waals surface area contributed by atoms with E-state index in [1.165, 1.54) is 53.4 Å². The summed E-state index contributed by atoms with van der Waals surface area (Å²) in [7, 11) is 2.30. The van der Waals surface area contributed by atoms with Crippen molar-refractivity contribution in [1.29, 1.82) is 0 Å². The number of anilines is 1. The molecule has 5 nitrogen and oxygen atoms in total. The SMILES string of the molecule is CN1[C@@H]2CC[C@H]1CC(Nc1cccc(-c3cccc4[nH]ccc34)c1)C2.O=C(O)C(F)(F)F. The van der Waals surface area contributed by atoms with Gasteiger partial charge in [0.15, 0.2) is 0 Å². The quantitative estimate of drug-likeness (QED) is 0.498. The summed E-state index contributed by atoms with van der Waals surface area (Å²) in [6, 6.07) is 19.7. The van der Waals surface area contributed by atoms with Crippen molar-refractivity contribution in [3.63, 3.8) is 0 Å². The molecular formula is C24H26F3N3O2. The van der Waals surface area contributed by atoms with Gasteiger partial charge in [-0.1, -0.05) is 24.3 Å². The van der Waals surface area contributed by atoms with E-state index in [1.807, 2.05) is 6.20 Å². The summed E-state index contributed by atoms with van der Waals surface area (Å²) in [6.45, 7) is 0. The highest BCUT2D eigenvalue weighted by Gasteiger charge is 2.39. The first-order valence-corrected chi connectivity index (χ1v) is 10.7. The Morgan fingerprint density at radius 3 is 2.41 bits per heavy atom. The summed E-state index contributed by atoms with van der Waals surface area (Å²) < 4.78 is 31.7. The van der Waals surface area contributed by atoms with Crippen LogP contribution in [0.5, 0.6) is 0 Å². The van der Waals surface area contributed by atoms with Gasteiger partial charge in [0.1, 0.15) is 0 Å². The van der Waals surface area contributed by atoms with Crippen LogP contribution in [0.1, 0.15) is 25.7 Å². The fourth-order valence-corrected chi connectivity index (χ4v) is 4.88. The Morgan fingerprint density at radius 2 is 1.75 bits per heavy atom. The number of fused-ring (bicyclic) bond motifs is 3. The predicted octanol–water partition coefficient (Wildman–Crippen LogP) is 5.51. The smallest absolute Gasteiger partial charge is 0.475 e. The van der Waals surface area contributed by atoms with Gasteiger partial charge in [-0.25, -0.2) is 4.79 Å². The van der Waals surface area contributed by atoms with Crippen LogP contribution < -0.4 is 5.32 Å². The maximum absolute atomic E-state index is 10.6. The van der Waals surface area contributed by atoms with E-state index in [0.29, 0.717) is 6.04 Å². The Bertz CT molecular complexity index is 1080. The highest BCUT2D eigenvalue weighted by molar-refractivity contribution is 5.95. The number of nitrogens with zero attached hydrogens (tertiary/aromatic N) is 1. The number of carboxylic acid groups (broad SMARTS) is 1. The first-order chi connectivity index (χ1) is 15.2. The number of hydrogen-bond donors (Lipinski definition) is 3. The lowest BCUT2D eigenvalue weighted by molar-refractivity contribution is -0.192. The number of hydrogen-bond acceptors (Lipinski definition) is 3. The van der Waals surface area contributed by atoms with E-state index in [9.17, 15) is 13.2 Å². The molecule has 2 aliphatic rings. The molecule has 3 atom stereocenters. The van der Waals surface area contributed by atoms with Gasteiger partial charge in [0.05, 0.1) is 0 Å². The zero-order valence-electron chi connectivity index (χ0n) is 17.7. The third-order valence-electron chi connectivity index (χ3n) is 6.48. The number of alkyl halides is 3. The van der Waals surface area contributed by atoms with Crippen molar-refractivity contribution >= 4 is 22.6 Å². The van der Waals surface area contributed by atoms with E-state index in [0.717, 1.165) is 12.1 Å². The molecule has 1 aromatic heterocycles. The summed E-state index contributed by atoms with van der Waals surface area (Å²) in [6.07, 6.45) is 2.21. The minimum absolute atomic E-state index is 0.604. The Morgan fingerprint density at radius 1 is 1.09 bits per heavy atom. The molecule has 0 aliphatic carbocycles. The second-order valence-electron chi connectivity index (χ2n) is 8.49. The molecule has 2 saturated heterocycles. The van der Waals surface area contributed by atoms with Gasteiger partial charge in [-0.15, -0.1) is 0 Å². The van der Waals surface area contributed by atoms with E-state index in [2.05, 4.69) is 70.8 Å². The molecule has 2 aliphatic heterocycles. The first-order valence-electron chi connectivity index (χ1n) is 10.7. The number of piperidine rings is 1. The zero-order valence-corrected chi connectivity index (χ0v) is 17.7. The van der Waals surface area contributed by atoms with Crippen LogP contribution in [0, 0.1) is 0 Å². The van der Waals surface area contributed by atoms with E-state index < -0.39 is 12.1 Å². The lowest BCUT2D eigenvalue weighted by Crippen LogP contribution is -2.44. The summed E-state index contributed by atoms with van der Waals surface area (Å²) >= 11 is 0. The molecule has 0 spiro atoms. The molecule has 2 bridgehead atoms. The Balaban J connectivity index is 0.000000307. The molecule has 0 saturated carbocycles. The number of rotatable bonds is 3. The number of aromatic amines is 1. The molecule has 5 rings (SSSR count). The van der Waals surface area contributed by atoms with E-state index in [4.69, 9.17) is 9.90 Å². The molecule has 3 N–H and O–H groups in total. The van der Waals surface area contributed by atoms with Crippen LogP contribution in [0.3, 0.4) is 0 Å². The van der Waals surface area contributed by atoms with Gasteiger partial charge in [0, 0.05) is 40.9 Å². The second kappa shape index (κ2) is 8.86. The molecule has 2 aromatic carbocycles. The number of H-pyrrole nitrogens is 1. The highest BCUT2D eigenvalue weighted by Crippen LogP contribution is 2.36. The van der Waals surface area contributed by atoms with E-state index in [-0.39, 0.29) is 0 Å². The molecule has 8 heteroatoms. The Labute approximate surface area is 184 Å². The van der Waals surface area contributed by atoms with Crippen molar-refractivity contribution in [2.45, 2.75) is 50.0 Å². The van der Waals surface area contributed by atoms with Gasteiger partial charge < -0.3 is 20.3 Å². The molecule has 3 heterocycles. The Hall–Kier alpha value is -3.00. The third-order valence-corrected chi connectivity index (χ3v) is 6.48. The Kier molecular flexibility index (Phi) is 6.15. The van der Waals surface area contributed by atoms with Gasteiger partial charge in [0.25, 0.3) is 0 Å². The minimum atomic E-state index is -5.08. The topological polar surface area (TPSA) is 68.4 Å². The molecule has 3 aromatic rings. The van der Waals surface area contributed by atoms with Crippen LogP contribution in [0.15, 0.2) is 54.7 Å². The van der Waals surface area contributed by atoms with Crippen LogP contribution in [0.4, 0.5) is 18.9 Å². The lowest BCUT2D eigenvalue weighted by Gasteiger charge is -2.37.